The molecule has 0 aromatic heterocycles. The summed E-state index contributed by atoms with van der Waals surface area (Å²) >= 11 is 4.26. The van der Waals surface area contributed by atoms with Gasteiger partial charge in [-0.2, -0.15) is 0 Å². The topological polar surface area (TPSA) is 29.1 Å². The van der Waals surface area contributed by atoms with Crippen molar-refractivity contribution in [2.45, 2.75) is 11.8 Å². The number of hydrogen-bond acceptors (Lipinski definition) is 2. The third kappa shape index (κ3) is 2.88. The first-order valence-corrected chi connectivity index (χ1v) is 5.77. The average Bonchev–Trinajstić information content (AvgIpc) is 2.32. The third-order valence-corrected chi connectivity index (χ3v) is 2.85. The molecule has 86 valence electrons. The Balaban J connectivity index is 2.17. The minimum atomic E-state index is -0.139. The number of amides is 1. The predicted octanol–water partition coefficient (Wildman–Crippen LogP) is 3.54. The van der Waals surface area contributed by atoms with Crippen LogP contribution in [0.4, 0.5) is 5.69 Å². The van der Waals surface area contributed by atoms with Crippen LogP contribution in [0.1, 0.15) is 15.9 Å². The van der Waals surface area contributed by atoms with Gasteiger partial charge in [-0.3, -0.25) is 4.79 Å². The van der Waals surface area contributed by atoms with Crippen molar-refractivity contribution in [3.63, 3.8) is 0 Å². The quantitative estimate of drug-likeness (QED) is 0.776. The number of hydrogen-bond donors (Lipinski definition) is 2. The Labute approximate surface area is 106 Å². The fourth-order valence-corrected chi connectivity index (χ4v) is 1.76. The standard InChI is InChI=1S/C14H13NOS/c1-10-6-8-11(9-7-10)15-14(16)12-4-2-3-5-13(12)17/h2-9,17H,1H3,(H,15,16). The minimum Gasteiger partial charge on any atom is -0.322 e. The smallest absolute Gasteiger partial charge is 0.256 e. The molecule has 1 N–H and O–H groups in total. The van der Waals surface area contributed by atoms with E-state index in [0.717, 1.165) is 11.3 Å². The van der Waals surface area contributed by atoms with Crippen LogP contribution in [0.5, 0.6) is 0 Å². The van der Waals surface area contributed by atoms with Gasteiger partial charge in [-0.1, -0.05) is 29.8 Å². The Kier molecular flexibility index (Phi) is 3.49. The van der Waals surface area contributed by atoms with E-state index in [1.807, 2.05) is 43.3 Å². The van der Waals surface area contributed by atoms with Crippen molar-refractivity contribution >= 4 is 24.2 Å². The molecule has 0 spiro atoms. The monoisotopic (exact) mass is 243 g/mol. The van der Waals surface area contributed by atoms with E-state index in [1.165, 1.54) is 0 Å². The summed E-state index contributed by atoms with van der Waals surface area (Å²) in [4.78, 5) is 12.6. The molecule has 1 amide bonds. The van der Waals surface area contributed by atoms with Crippen molar-refractivity contribution in [3.8, 4) is 0 Å². The van der Waals surface area contributed by atoms with Crippen LogP contribution < -0.4 is 5.32 Å². The van der Waals surface area contributed by atoms with Gasteiger partial charge in [-0.25, -0.2) is 0 Å². The Morgan fingerprint density at radius 3 is 2.35 bits per heavy atom. The molecule has 2 rings (SSSR count). The normalized spacial score (nSPS) is 10.0. The van der Waals surface area contributed by atoms with E-state index in [4.69, 9.17) is 0 Å². The molecule has 0 aliphatic carbocycles. The molecule has 3 heteroatoms. The highest BCUT2D eigenvalue weighted by molar-refractivity contribution is 7.80. The maximum atomic E-state index is 12.0. The molecule has 0 aliphatic heterocycles. The van der Waals surface area contributed by atoms with Gasteiger partial charge in [0.1, 0.15) is 0 Å². The Bertz CT molecular complexity index is 534. The molecule has 0 bridgehead atoms. The van der Waals surface area contributed by atoms with Crippen LogP contribution in [0.25, 0.3) is 0 Å². The molecule has 2 aromatic carbocycles. The van der Waals surface area contributed by atoms with Gasteiger partial charge in [0, 0.05) is 10.6 Å². The van der Waals surface area contributed by atoms with Crippen LogP contribution >= 0.6 is 12.6 Å². The average molecular weight is 243 g/mol. The molecule has 0 atom stereocenters. The van der Waals surface area contributed by atoms with Crippen molar-refractivity contribution in [1.82, 2.24) is 0 Å². The van der Waals surface area contributed by atoms with Gasteiger partial charge in [0.2, 0.25) is 0 Å². The summed E-state index contributed by atoms with van der Waals surface area (Å²) in [5.41, 5.74) is 2.53. The molecule has 2 aromatic rings. The van der Waals surface area contributed by atoms with Crippen molar-refractivity contribution in [2.24, 2.45) is 0 Å². The molecule has 0 unspecified atom stereocenters. The van der Waals surface area contributed by atoms with Crippen LogP contribution in [0.3, 0.4) is 0 Å². The lowest BCUT2D eigenvalue weighted by Gasteiger charge is -2.07. The number of thiol groups is 1. The highest BCUT2D eigenvalue weighted by atomic mass is 32.1. The second-order valence-electron chi connectivity index (χ2n) is 3.84. The van der Waals surface area contributed by atoms with Crippen molar-refractivity contribution in [3.05, 3.63) is 59.7 Å². The fraction of sp³-hybridized carbons (Fsp3) is 0.0714. The first kappa shape index (κ1) is 11.7. The van der Waals surface area contributed by atoms with E-state index in [0.29, 0.717) is 10.5 Å². The van der Waals surface area contributed by atoms with Gasteiger partial charge in [0.15, 0.2) is 0 Å². The number of carbonyl (C=O) groups excluding carboxylic acids is 1. The Morgan fingerprint density at radius 1 is 1.06 bits per heavy atom. The first-order chi connectivity index (χ1) is 8.16. The van der Waals surface area contributed by atoms with Crippen molar-refractivity contribution < 1.29 is 4.79 Å². The molecule has 0 saturated carbocycles. The molecule has 0 heterocycles. The summed E-state index contributed by atoms with van der Waals surface area (Å²) in [6, 6.07) is 14.9. The number of anilines is 1. The number of aryl methyl sites for hydroxylation is 1. The third-order valence-electron chi connectivity index (χ3n) is 2.46. The van der Waals surface area contributed by atoms with Gasteiger partial charge in [0.05, 0.1) is 5.56 Å². The molecule has 17 heavy (non-hydrogen) atoms. The zero-order valence-corrected chi connectivity index (χ0v) is 10.4. The summed E-state index contributed by atoms with van der Waals surface area (Å²) in [6.07, 6.45) is 0. The van der Waals surface area contributed by atoms with Gasteiger partial charge in [-0.05, 0) is 31.2 Å². The van der Waals surface area contributed by atoms with Gasteiger partial charge < -0.3 is 5.32 Å². The minimum absolute atomic E-state index is 0.139. The van der Waals surface area contributed by atoms with Crippen LogP contribution in [0, 0.1) is 6.92 Å². The summed E-state index contributed by atoms with van der Waals surface area (Å²) in [6.45, 7) is 2.01. The molecular formula is C14H13NOS. The second-order valence-corrected chi connectivity index (χ2v) is 4.32. The van der Waals surface area contributed by atoms with Crippen LogP contribution in [-0.4, -0.2) is 5.91 Å². The summed E-state index contributed by atoms with van der Waals surface area (Å²) in [5, 5.41) is 2.84. The lowest BCUT2D eigenvalue weighted by Crippen LogP contribution is -2.12. The van der Waals surface area contributed by atoms with Crippen molar-refractivity contribution in [1.29, 1.82) is 0 Å². The van der Waals surface area contributed by atoms with E-state index in [2.05, 4.69) is 17.9 Å². The van der Waals surface area contributed by atoms with E-state index in [9.17, 15) is 4.79 Å². The van der Waals surface area contributed by atoms with Gasteiger partial charge >= 0.3 is 0 Å². The SMILES string of the molecule is Cc1ccc(NC(=O)c2ccccc2S)cc1. The van der Waals surface area contributed by atoms with Crippen molar-refractivity contribution in [2.75, 3.05) is 5.32 Å². The predicted molar refractivity (Wildman–Crippen MR) is 72.8 cm³/mol. The molecule has 0 radical (unpaired) electrons. The number of carbonyl (C=O) groups is 1. The highest BCUT2D eigenvalue weighted by Crippen LogP contribution is 2.16. The van der Waals surface area contributed by atoms with Gasteiger partial charge in [-0.15, -0.1) is 12.6 Å². The summed E-state index contributed by atoms with van der Waals surface area (Å²) in [7, 11) is 0. The van der Waals surface area contributed by atoms with Gasteiger partial charge in [0.25, 0.3) is 5.91 Å². The van der Waals surface area contributed by atoms with E-state index in [-0.39, 0.29) is 5.91 Å². The lowest BCUT2D eigenvalue weighted by atomic mass is 10.2. The number of benzene rings is 2. The largest absolute Gasteiger partial charge is 0.322 e. The first-order valence-electron chi connectivity index (χ1n) is 5.33. The highest BCUT2D eigenvalue weighted by Gasteiger charge is 2.08. The lowest BCUT2D eigenvalue weighted by molar-refractivity contribution is 0.102. The zero-order valence-electron chi connectivity index (χ0n) is 9.47. The summed E-state index contributed by atoms with van der Waals surface area (Å²) < 4.78 is 0. The maximum absolute atomic E-state index is 12.0. The number of nitrogens with one attached hydrogen (secondary N) is 1. The fourth-order valence-electron chi connectivity index (χ4n) is 1.50. The summed E-state index contributed by atoms with van der Waals surface area (Å²) in [5.74, 6) is -0.139. The van der Waals surface area contributed by atoms with Crippen LogP contribution in [0.15, 0.2) is 53.4 Å². The van der Waals surface area contributed by atoms with E-state index >= 15 is 0 Å². The zero-order chi connectivity index (χ0) is 12.3. The van der Waals surface area contributed by atoms with Crippen LogP contribution in [-0.2, 0) is 0 Å². The van der Waals surface area contributed by atoms with E-state index in [1.54, 1.807) is 12.1 Å². The maximum Gasteiger partial charge on any atom is 0.256 e. The van der Waals surface area contributed by atoms with E-state index < -0.39 is 0 Å². The number of rotatable bonds is 2. The molecule has 0 fully saturated rings. The Hall–Kier alpha value is -1.74. The molecule has 0 saturated heterocycles. The molecule has 0 aliphatic rings. The van der Waals surface area contributed by atoms with Crippen LogP contribution in [0.2, 0.25) is 0 Å². The molecule has 2 nitrogen and oxygen atoms in total. The molecular weight excluding hydrogens is 230 g/mol. The second kappa shape index (κ2) is 5.06. The Morgan fingerprint density at radius 2 is 1.71 bits per heavy atom.